The maximum atomic E-state index is 11.6. The number of carbonyl (C=O) groups is 2. The molecule has 21 heavy (non-hydrogen) atoms. The van der Waals surface area contributed by atoms with E-state index in [4.69, 9.17) is 11.6 Å². The minimum Gasteiger partial charge on any atom is -0.354 e. The van der Waals surface area contributed by atoms with Gasteiger partial charge in [-0.05, 0) is 30.5 Å². The highest BCUT2D eigenvalue weighted by atomic mass is 35.5. The second-order valence-corrected chi connectivity index (χ2v) is 6.46. The summed E-state index contributed by atoms with van der Waals surface area (Å²) in [4.78, 5) is 23.0. The fraction of sp³-hybridized carbons (Fsp3) is 0.467. The SMILES string of the molecule is O=C(CSCc1ccc(Cl)cc1)NCCNC(=O)C1CC1. The lowest BCUT2D eigenvalue weighted by Gasteiger charge is -2.06. The molecule has 1 aliphatic carbocycles. The van der Waals surface area contributed by atoms with Crippen LogP contribution in [0.2, 0.25) is 5.02 Å². The molecule has 2 N–H and O–H groups in total. The highest BCUT2D eigenvalue weighted by Gasteiger charge is 2.28. The Bertz CT molecular complexity index is 489. The summed E-state index contributed by atoms with van der Waals surface area (Å²) in [5.41, 5.74) is 1.15. The Labute approximate surface area is 134 Å². The normalized spacial score (nSPS) is 13.8. The first-order chi connectivity index (χ1) is 10.1. The van der Waals surface area contributed by atoms with Crippen molar-refractivity contribution in [3.63, 3.8) is 0 Å². The van der Waals surface area contributed by atoms with E-state index in [2.05, 4.69) is 10.6 Å². The maximum Gasteiger partial charge on any atom is 0.230 e. The second-order valence-electron chi connectivity index (χ2n) is 5.03. The van der Waals surface area contributed by atoms with Gasteiger partial charge in [-0.2, -0.15) is 0 Å². The molecule has 4 nitrogen and oxygen atoms in total. The number of amides is 2. The van der Waals surface area contributed by atoms with Crippen LogP contribution in [0.25, 0.3) is 0 Å². The van der Waals surface area contributed by atoms with Crippen molar-refractivity contribution in [2.24, 2.45) is 5.92 Å². The topological polar surface area (TPSA) is 58.2 Å². The molecule has 0 atom stereocenters. The standard InChI is InChI=1S/C15H19ClN2O2S/c16-13-5-1-11(2-6-13)9-21-10-14(19)17-7-8-18-15(20)12-3-4-12/h1-2,5-6,12H,3-4,7-10H2,(H,17,19)(H,18,20). The highest BCUT2D eigenvalue weighted by molar-refractivity contribution is 7.99. The lowest BCUT2D eigenvalue weighted by atomic mass is 10.2. The minimum atomic E-state index is -0.00497. The van der Waals surface area contributed by atoms with Crippen LogP contribution in [0.3, 0.4) is 0 Å². The van der Waals surface area contributed by atoms with Crippen molar-refractivity contribution in [3.05, 3.63) is 34.9 Å². The third-order valence-corrected chi connectivity index (χ3v) is 4.37. The van der Waals surface area contributed by atoms with E-state index in [1.807, 2.05) is 24.3 Å². The zero-order valence-electron chi connectivity index (χ0n) is 11.7. The van der Waals surface area contributed by atoms with E-state index in [-0.39, 0.29) is 17.7 Å². The molecular formula is C15H19ClN2O2S. The lowest BCUT2D eigenvalue weighted by molar-refractivity contribution is -0.123. The van der Waals surface area contributed by atoms with Crippen molar-refractivity contribution in [3.8, 4) is 0 Å². The molecule has 0 aromatic heterocycles. The summed E-state index contributed by atoms with van der Waals surface area (Å²) in [6, 6.07) is 7.61. The van der Waals surface area contributed by atoms with Crippen LogP contribution < -0.4 is 10.6 Å². The second kappa shape index (κ2) is 8.29. The molecule has 0 aliphatic heterocycles. The molecule has 1 aromatic rings. The molecule has 2 rings (SSSR count). The first-order valence-corrected chi connectivity index (χ1v) is 8.55. The van der Waals surface area contributed by atoms with Gasteiger partial charge < -0.3 is 10.6 Å². The van der Waals surface area contributed by atoms with Gasteiger partial charge in [0.25, 0.3) is 0 Å². The van der Waals surface area contributed by atoms with E-state index in [1.54, 1.807) is 11.8 Å². The van der Waals surface area contributed by atoms with E-state index in [9.17, 15) is 9.59 Å². The van der Waals surface area contributed by atoms with Gasteiger partial charge in [-0.3, -0.25) is 9.59 Å². The van der Waals surface area contributed by atoms with E-state index in [0.29, 0.717) is 18.8 Å². The van der Waals surface area contributed by atoms with Crippen LogP contribution in [0.5, 0.6) is 0 Å². The van der Waals surface area contributed by atoms with Crippen LogP contribution in [-0.4, -0.2) is 30.7 Å². The van der Waals surface area contributed by atoms with Gasteiger partial charge in [-0.25, -0.2) is 0 Å². The zero-order chi connectivity index (χ0) is 15.1. The molecule has 1 aromatic carbocycles. The smallest absolute Gasteiger partial charge is 0.230 e. The zero-order valence-corrected chi connectivity index (χ0v) is 13.3. The van der Waals surface area contributed by atoms with E-state index >= 15 is 0 Å². The van der Waals surface area contributed by atoms with Crippen molar-refractivity contribution < 1.29 is 9.59 Å². The summed E-state index contributed by atoms with van der Waals surface area (Å²) in [6.45, 7) is 0.988. The lowest BCUT2D eigenvalue weighted by Crippen LogP contribution is -2.36. The summed E-state index contributed by atoms with van der Waals surface area (Å²) in [7, 11) is 0. The van der Waals surface area contributed by atoms with Gasteiger partial charge in [-0.15, -0.1) is 11.8 Å². The fourth-order valence-corrected chi connectivity index (χ4v) is 2.71. The van der Waals surface area contributed by atoms with Crippen molar-refractivity contribution in [1.29, 1.82) is 0 Å². The largest absolute Gasteiger partial charge is 0.354 e. The van der Waals surface area contributed by atoms with Crippen LogP contribution in [0, 0.1) is 5.92 Å². The molecule has 0 spiro atoms. The minimum absolute atomic E-state index is 0.00497. The van der Waals surface area contributed by atoms with Crippen molar-refractivity contribution in [1.82, 2.24) is 10.6 Å². The monoisotopic (exact) mass is 326 g/mol. The highest BCUT2D eigenvalue weighted by Crippen LogP contribution is 2.28. The van der Waals surface area contributed by atoms with E-state index in [1.165, 1.54) is 0 Å². The van der Waals surface area contributed by atoms with Crippen molar-refractivity contribution >= 4 is 35.2 Å². The Kier molecular flexibility index (Phi) is 6.39. The Morgan fingerprint density at radius 3 is 2.48 bits per heavy atom. The average Bonchev–Trinajstić information content (AvgIpc) is 3.30. The molecule has 0 saturated heterocycles. The molecule has 0 heterocycles. The summed E-state index contributed by atoms with van der Waals surface area (Å²) in [5.74, 6) is 1.52. The van der Waals surface area contributed by atoms with Gasteiger partial charge in [0, 0.05) is 29.8 Å². The van der Waals surface area contributed by atoms with E-state index < -0.39 is 0 Å². The molecule has 114 valence electrons. The van der Waals surface area contributed by atoms with Crippen LogP contribution in [0.4, 0.5) is 0 Å². The summed E-state index contributed by atoms with van der Waals surface area (Å²) in [5, 5.41) is 6.33. The Hall–Kier alpha value is -1.20. The Morgan fingerprint density at radius 2 is 1.81 bits per heavy atom. The van der Waals surface area contributed by atoms with Gasteiger partial charge in [0.05, 0.1) is 5.75 Å². The molecule has 2 amide bonds. The van der Waals surface area contributed by atoms with Gasteiger partial charge in [0.15, 0.2) is 0 Å². The predicted molar refractivity (Wildman–Crippen MR) is 86.4 cm³/mol. The quantitative estimate of drug-likeness (QED) is 0.720. The Morgan fingerprint density at radius 1 is 1.14 bits per heavy atom. The first-order valence-electron chi connectivity index (χ1n) is 7.02. The van der Waals surface area contributed by atoms with Crippen molar-refractivity contribution in [2.45, 2.75) is 18.6 Å². The number of rotatable bonds is 8. The van der Waals surface area contributed by atoms with Crippen LogP contribution in [0.1, 0.15) is 18.4 Å². The molecule has 0 radical (unpaired) electrons. The molecule has 1 saturated carbocycles. The Balaban J connectivity index is 1.51. The van der Waals surface area contributed by atoms with Gasteiger partial charge in [-0.1, -0.05) is 23.7 Å². The molecular weight excluding hydrogens is 308 g/mol. The number of carbonyl (C=O) groups excluding carboxylic acids is 2. The third kappa shape index (κ3) is 6.40. The average molecular weight is 327 g/mol. The summed E-state index contributed by atoms with van der Waals surface area (Å²) >= 11 is 7.37. The van der Waals surface area contributed by atoms with E-state index in [0.717, 1.165) is 29.2 Å². The van der Waals surface area contributed by atoms with Crippen LogP contribution in [0.15, 0.2) is 24.3 Å². The van der Waals surface area contributed by atoms with Crippen LogP contribution in [-0.2, 0) is 15.3 Å². The van der Waals surface area contributed by atoms with Gasteiger partial charge >= 0.3 is 0 Å². The fourth-order valence-electron chi connectivity index (χ4n) is 1.77. The number of hydrogen-bond acceptors (Lipinski definition) is 3. The molecule has 1 aliphatic rings. The summed E-state index contributed by atoms with van der Waals surface area (Å²) < 4.78 is 0. The number of benzene rings is 1. The number of halogens is 1. The third-order valence-electron chi connectivity index (χ3n) is 3.11. The number of thioether (sulfide) groups is 1. The molecule has 0 unspecified atom stereocenters. The van der Waals surface area contributed by atoms with Crippen molar-refractivity contribution in [2.75, 3.05) is 18.8 Å². The van der Waals surface area contributed by atoms with Gasteiger partial charge in [0.2, 0.25) is 11.8 Å². The van der Waals surface area contributed by atoms with Gasteiger partial charge in [0.1, 0.15) is 0 Å². The predicted octanol–water partition coefficient (Wildman–Crippen LogP) is 2.22. The first kappa shape index (κ1) is 16.2. The maximum absolute atomic E-state index is 11.6. The van der Waals surface area contributed by atoms with Crippen LogP contribution >= 0.6 is 23.4 Å². The number of hydrogen-bond donors (Lipinski definition) is 2. The molecule has 0 bridgehead atoms. The number of nitrogens with one attached hydrogen (secondary N) is 2. The summed E-state index contributed by atoms with van der Waals surface area (Å²) in [6.07, 6.45) is 2.00. The molecule has 6 heteroatoms. The molecule has 1 fully saturated rings.